The summed E-state index contributed by atoms with van der Waals surface area (Å²) in [5, 5.41) is 2.38. The molecule has 46 heavy (non-hydrogen) atoms. The van der Waals surface area contributed by atoms with Gasteiger partial charge in [-0.2, -0.15) is 0 Å². The lowest BCUT2D eigenvalue weighted by atomic mass is 9.89. The fourth-order valence-electron chi connectivity index (χ4n) is 5.09. The van der Waals surface area contributed by atoms with Gasteiger partial charge in [-0.1, -0.05) is 66.7 Å². The van der Waals surface area contributed by atoms with E-state index in [1.807, 2.05) is 41.1 Å². The number of ether oxygens (including phenoxy) is 2. The number of amides is 3. The Morgan fingerprint density at radius 1 is 0.935 bits per heavy atom. The number of nitrogens with one attached hydrogen (secondary N) is 2. The van der Waals surface area contributed by atoms with E-state index < -0.39 is 45.6 Å². The van der Waals surface area contributed by atoms with Gasteiger partial charge < -0.3 is 19.7 Å². The summed E-state index contributed by atoms with van der Waals surface area (Å²) in [6.07, 6.45) is -0.436. The van der Waals surface area contributed by atoms with Crippen molar-refractivity contribution >= 4 is 39.6 Å². The maximum atomic E-state index is 13.7. The number of benzene rings is 3. The average Bonchev–Trinajstić information content (AvgIpc) is 3.02. The summed E-state index contributed by atoms with van der Waals surface area (Å²) >= 11 is 0. The molecule has 2 atom stereocenters. The van der Waals surface area contributed by atoms with Gasteiger partial charge in [0.1, 0.15) is 18.2 Å². The normalized spacial score (nSPS) is 15.8. The smallest absolute Gasteiger partial charge is 0.408 e. The molecule has 11 nitrogen and oxygen atoms in total. The van der Waals surface area contributed by atoms with Crippen molar-refractivity contribution in [3.63, 3.8) is 0 Å². The van der Waals surface area contributed by atoms with Crippen LogP contribution in [0.15, 0.2) is 89.8 Å². The third kappa shape index (κ3) is 9.40. The van der Waals surface area contributed by atoms with Gasteiger partial charge in [0, 0.05) is 18.7 Å². The number of sulfonamides is 1. The average molecular weight is 650 g/mol. The summed E-state index contributed by atoms with van der Waals surface area (Å²) in [6.45, 7) is 5.42. The number of piperidine rings is 1. The van der Waals surface area contributed by atoms with Crippen molar-refractivity contribution in [1.29, 1.82) is 0 Å². The van der Waals surface area contributed by atoms with Crippen LogP contribution in [0.4, 0.5) is 10.5 Å². The number of hydrogen-bond acceptors (Lipinski definition) is 8. The van der Waals surface area contributed by atoms with E-state index in [4.69, 9.17) is 9.47 Å². The Bertz CT molecular complexity index is 1640. The fraction of sp³-hybridized carbons (Fsp3) is 0.353. The third-order valence-corrected chi connectivity index (χ3v) is 8.63. The number of anilines is 1. The summed E-state index contributed by atoms with van der Waals surface area (Å²) in [7, 11) is -4.52. The number of esters is 1. The summed E-state index contributed by atoms with van der Waals surface area (Å²) < 4.78 is 40.0. The van der Waals surface area contributed by atoms with Gasteiger partial charge >= 0.3 is 12.1 Å². The second-order valence-electron chi connectivity index (χ2n) is 11.9. The van der Waals surface area contributed by atoms with Gasteiger partial charge in [0.05, 0.1) is 10.8 Å². The van der Waals surface area contributed by atoms with Gasteiger partial charge in [-0.05, 0) is 69.4 Å². The molecule has 1 heterocycles. The molecule has 2 unspecified atom stereocenters. The van der Waals surface area contributed by atoms with E-state index in [-0.39, 0.29) is 35.8 Å². The van der Waals surface area contributed by atoms with E-state index in [1.165, 1.54) is 12.1 Å². The largest absolute Gasteiger partial charge is 0.461 e. The van der Waals surface area contributed by atoms with Crippen LogP contribution in [-0.4, -0.2) is 50.5 Å². The summed E-state index contributed by atoms with van der Waals surface area (Å²) in [5.41, 5.74) is 0.842. The SMILES string of the molecule is CC(C)(C)OC(=O)NC(CCC(=O)OCc1ccccc1)C(=O)NS(=O)(=O)c1ccccc1C1CCCN(c2ccccc2)C1=O. The van der Waals surface area contributed by atoms with Crippen molar-refractivity contribution in [2.24, 2.45) is 0 Å². The lowest BCUT2D eigenvalue weighted by Crippen LogP contribution is -2.50. The minimum atomic E-state index is -4.52. The topological polar surface area (TPSA) is 148 Å². The number of carbonyl (C=O) groups is 4. The highest BCUT2D eigenvalue weighted by molar-refractivity contribution is 7.90. The lowest BCUT2D eigenvalue weighted by Gasteiger charge is -2.33. The zero-order valence-corrected chi connectivity index (χ0v) is 26.9. The molecule has 12 heteroatoms. The molecule has 2 N–H and O–H groups in total. The third-order valence-electron chi connectivity index (χ3n) is 7.21. The molecule has 0 bridgehead atoms. The number of hydrogen-bond donors (Lipinski definition) is 2. The molecule has 0 radical (unpaired) electrons. The summed E-state index contributed by atoms with van der Waals surface area (Å²) in [4.78, 5) is 53.5. The van der Waals surface area contributed by atoms with Gasteiger partial charge in [0.15, 0.2) is 0 Å². The zero-order valence-electron chi connectivity index (χ0n) is 26.1. The minimum Gasteiger partial charge on any atom is -0.461 e. The van der Waals surface area contributed by atoms with Crippen LogP contribution in [-0.2, 0) is 40.5 Å². The van der Waals surface area contributed by atoms with E-state index in [9.17, 15) is 27.6 Å². The van der Waals surface area contributed by atoms with Gasteiger partial charge in [-0.3, -0.25) is 14.4 Å². The first-order valence-electron chi connectivity index (χ1n) is 15.0. The molecule has 1 aliphatic rings. The molecule has 1 fully saturated rings. The highest BCUT2D eigenvalue weighted by Gasteiger charge is 2.36. The maximum absolute atomic E-state index is 13.7. The van der Waals surface area contributed by atoms with Gasteiger partial charge in [0.25, 0.3) is 15.9 Å². The number of alkyl carbamates (subject to hydrolysis) is 1. The van der Waals surface area contributed by atoms with E-state index in [2.05, 4.69) is 5.32 Å². The fourth-order valence-corrected chi connectivity index (χ4v) is 6.39. The van der Waals surface area contributed by atoms with Crippen LogP contribution in [0.3, 0.4) is 0 Å². The predicted molar refractivity (Wildman–Crippen MR) is 171 cm³/mol. The standard InChI is InChI=1S/C34H39N3O8S/c1-34(2,3)45-33(41)35-28(20-21-30(38)44-23-24-13-6-4-7-14-24)31(39)36-46(42,43)29-19-11-10-17-26(29)27-18-12-22-37(32(27)40)25-15-8-5-9-16-25/h4-11,13-17,19,27-28H,12,18,20-23H2,1-3H3,(H,35,41)(H,36,39). The van der Waals surface area contributed by atoms with E-state index in [0.29, 0.717) is 25.1 Å². The molecule has 0 saturated carbocycles. The molecule has 3 aromatic carbocycles. The minimum absolute atomic E-state index is 0.0166. The first kappa shape index (κ1) is 34.2. The highest BCUT2D eigenvalue weighted by atomic mass is 32.2. The van der Waals surface area contributed by atoms with Crippen LogP contribution in [0.1, 0.15) is 63.5 Å². The Morgan fingerprint density at radius 3 is 2.24 bits per heavy atom. The van der Waals surface area contributed by atoms with Crippen LogP contribution in [0.5, 0.6) is 0 Å². The highest BCUT2D eigenvalue weighted by Crippen LogP contribution is 2.34. The second kappa shape index (κ2) is 15.0. The molecule has 0 aliphatic carbocycles. The Balaban J connectivity index is 1.51. The zero-order chi connectivity index (χ0) is 33.3. The molecule has 244 valence electrons. The van der Waals surface area contributed by atoms with Crippen LogP contribution in [0.25, 0.3) is 0 Å². The monoisotopic (exact) mass is 649 g/mol. The van der Waals surface area contributed by atoms with Crippen LogP contribution in [0.2, 0.25) is 0 Å². The number of nitrogens with zero attached hydrogens (tertiary/aromatic N) is 1. The van der Waals surface area contributed by atoms with E-state index >= 15 is 0 Å². The lowest BCUT2D eigenvalue weighted by molar-refractivity contribution is -0.145. The Morgan fingerprint density at radius 2 is 1.57 bits per heavy atom. The molecule has 0 aromatic heterocycles. The predicted octanol–water partition coefficient (Wildman–Crippen LogP) is 4.82. The first-order valence-corrected chi connectivity index (χ1v) is 16.5. The molecule has 1 aliphatic heterocycles. The maximum Gasteiger partial charge on any atom is 0.408 e. The van der Waals surface area contributed by atoms with Crippen molar-refractivity contribution in [1.82, 2.24) is 10.0 Å². The Hall–Kier alpha value is -4.71. The first-order chi connectivity index (χ1) is 21.8. The van der Waals surface area contributed by atoms with Crippen molar-refractivity contribution < 1.29 is 37.1 Å². The molecule has 4 rings (SSSR count). The van der Waals surface area contributed by atoms with Gasteiger partial charge in [0.2, 0.25) is 5.91 Å². The van der Waals surface area contributed by atoms with Crippen LogP contribution < -0.4 is 14.9 Å². The molecular weight excluding hydrogens is 610 g/mol. The van der Waals surface area contributed by atoms with Gasteiger partial charge in [-0.25, -0.2) is 17.9 Å². The Labute approximate surface area is 269 Å². The van der Waals surface area contributed by atoms with Crippen molar-refractivity contribution in [3.8, 4) is 0 Å². The Kier molecular flexibility index (Phi) is 11.2. The molecular formula is C34H39N3O8S. The quantitative estimate of drug-likeness (QED) is 0.281. The summed E-state index contributed by atoms with van der Waals surface area (Å²) in [5.74, 6) is -2.71. The molecule has 3 aromatic rings. The molecule has 1 saturated heterocycles. The second-order valence-corrected chi connectivity index (χ2v) is 13.6. The van der Waals surface area contributed by atoms with E-state index in [0.717, 1.165) is 5.56 Å². The summed E-state index contributed by atoms with van der Waals surface area (Å²) in [6, 6.07) is 22.7. The van der Waals surface area contributed by atoms with Crippen LogP contribution >= 0.6 is 0 Å². The van der Waals surface area contributed by atoms with Crippen molar-refractivity contribution in [3.05, 3.63) is 96.1 Å². The number of carbonyl (C=O) groups excluding carboxylic acids is 4. The molecule has 3 amide bonds. The van der Waals surface area contributed by atoms with E-state index in [1.54, 1.807) is 62.1 Å². The van der Waals surface area contributed by atoms with Crippen molar-refractivity contribution in [2.45, 2.75) is 75.5 Å². The molecule has 0 spiro atoms. The van der Waals surface area contributed by atoms with Gasteiger partial charge in [-0.15, -0.1) is 0 Å². The van der Waals surface area contributed by atoms with Crippen molar-refractivity contribution in [2.75, 3.05) is 11.4 Å². The number of rotatable bonds is 11. The van der Waals surface area contributed by atoms with Crippen LogP contribution in [0, 0.1) is 0 Å². The number of para-hydroxylation sites is 1.